The first-order valence-corrected chi connectivity index (χ1v) is 7.26. The molecule has 0 aromatic carbocycles. The highest BCUT2D eigenvalue weighted by atomic mass is 35.5. The Morgan fingerprint density at radius 1 is 1.39 bits per heavy atom. The molecule has 1 aromatic rings. The molecule has 2 rings (SSSR count). The maximum atomic E-state index is 6.23. The van der Waals surface area contributed by atoms with Gasteiger partial charge in [-0.15, -0.1) is 0 Å². The normalized spacial score (nSPS) is 15.8. The van der Waals surface area contributed by atoms with Gasteiger partial charge in [0.25, 0.3) is 0 Å². The van der Waals surface area contributed by atoms with Crippen LogP contribution in [0.2, 0.25) is 5.15 Å². The van der Waals surface area contributed by atoms with Crippen molar-refractivity contribution in [1.82, 2.24) is 9.97 Å². The summed E-state index contributed by atoms with van der Waals surface area (Å²) in [6.45, 7) is 8.54. The summed E-state index contributed by atoms with van der Waals surface area (Å²) in [7, 11) is 0. The molecule has 1 fully saturated rings. The van der Waals surface area contributed by atoms with E-state index in [1.54, 1.807) is 6.33 Å². The van der Waals surface area contributed by atoms with E-state index in [4.69, 9.17) is 11.6 Å². The zero-order chi connectivity index (χ0) is 13.1. The molecule has 0 saturated heterocycles. The summed E-state index contributed by atoms with van der Waals surface area (Å²) in [6, 6.07) is 0. The first-order chi connectivity index (χ1) is 8.63. The highest BCUT2D eigenvalue weighted by Crippen LogP contribution is 2.33. The molecule has 0 aliphatic heterocycles. The highest BCUT2D eigenvalue weighted by Gasteiger charge is 2.23. The molecule has 1 aliphatic carbocycles. The first-order valence-electron chi connectivity index (χ1n) is 6.88. The molecule has 0 N–H and O–H groups in total. The molecule has 0 bridgehead atoms. The number of halogens is 1. The quantitative estimate of drug-likeness (QED) is 0.758. The Morgan fingerprint density at radius 3 is 2.61 bits per heavy atom. The van der Waals surface area contributed by atoms with Gasteiger partial charge in [0, 0.05) is 18.7 Å². The Bertz CT molecular complexity index is 402. The SMILES string of the molecule is CCN(CC1CCC1)c1ncnc(Cl)c1C(C)C. The predicted molar refractivity (Wildman–Crippen MR) is 76.4 cm³/mol. The Kier molecular flexibility index (Phi) is 4.44. The smallest absolute Gasteiger partial charge is 0.138 e. The minimum absolute atomic E-state index is 0.351. The van der Waals surface area contributed by atoms with Gasteiger partial charge in [-0.1, -0.05) is 31.9 Å². The lowest BCUT2D eigenvalue weighted by Gasteiger charge is -2.33. The number of aromatic nitrogens is 2. The second-order valence-electron chi connectivity index (χ2n) is 5.39. The highest BCUT2D eigenvalue weighted by molar-refractivity contribution is 6.30. The standard InChI is InChI=1S/C14H22ClN3/c1-4-18(8-11-6-5-7-11)14-12(10(2)3)13(15)16-9-17-14/h9-11H,4-8H2,1-3H3. The van der Waals surface area contributed by atoms with E-state index < -0.39 is 0 Å². The minimum Gasteiger partial charge on any atom is -0.356 e. The Labute approximate surface area is 115 Å². The summed E-state index contributed by atoms with van der Waals surface area (Å²) >= 11 is 6.23. The minimum atomic E-state index is 0.351. The lowest BCUT2D eigenvalue weighted by atomic mass is 9.85. The number of nitrogens with zero attached hydrogens (tertiary/aromatic N) is 3. The van der Waals surface area contributed by atoms with Crippen LogP contribution in [-0.2, 0) is 0 Å². The Morgan fingerprint density at radius 2 is 2.11 bits per heavy atom. The molecule has 0 unspecified atom stereocenters. The maximum absolute atomic E-state index is 6.23. The monoisotopic (exact) mass is 267 g/mol. The summed E-state index contributed by atoms with van der Waals surface area (Å²) < 4.78 is 0. The predicted octanol–water partition coefficient (Wildman–Crippen LogP) is 3.88. The van der Waals surface area contributed by atoms with Crippen molar-refractivity contribution in [2.75, 3.05) is 18.0 Å². The average Bonchev–Trinajstić information content (AvgIpc) is 2.27. The summed E-state index contributed by atoms with van der Waals surface area (Å²) in [5.74, 6) is 2.21. The summed E-state index contributed by atoms with van der Waals surface area (Å²) in [6.07, 6.45) is 5.66. The van der Waals surface area contributed by atoms with Crippen LogP contribution in [0.3, 0.4) is 0 Å². The van der Waals surface area contributed by atoms with Crippen LogP contribution in [0.4, 0.5) is 5.82 Å². The number of anilines is 1. The molecule has 4 heteroatoms. The summed E-state index contributed by atoms with van der Waals surface area (Å²) in [5.41, 5.74) is 1.08. The molecule has 1 saturated carbocycles. The van der Waals surface area contributed by atoms with Gasteiger partial charge >= 0.3 is 0 Å². The van der Waals surface area contributed by atoms with Crippen molar-refractivity contribution in [2.45, 2.75) is 46.0 Å². The van der Waals surface area contributed by atoms with E-state index in [1.165, 1.54) is 19.3 Å². The van der Waals surface area contributed by atoms with Crippen LogP contribution in [0.5, 0.6) is 0 Å². The van der Waals surface area contributed by atoms with E-state index in [-0.39, 0.29) is 0 Å². The van der Waals surface area contributed by atoms with Crippen molar-refractivity contribution in [3.8, 4) is 0 Å². The van der Waals surface area contributed by atoms with Crippen LogP contribution in [0.15, 0.2) is 6.33 Å². The molecular weight excluding hydrogens is 246 g/mol. The van der Waals surface area contributed by atoms with Gasteiger partial charge in [0.15, 0.2) is 0 Å². The van der Waals surface area contributed by atoms with Crippen molar-refractivity contribution in [1.29, 1.82) is 0 Å². The first kappa shape index (κ1) is 13.6. The topological polar surface area (TPSA) is 29.0 Å². The maximum Gasteiger partial charge on any atom is 0.138 e. The van der Waals surface area contributed by atoms with Crippen LogP contribution < -0.4 is 4.90 Å². The second-order valence-corrected chi connectivity index (χ2v) is 5.75. The Balaban J connectivity index is 2.25. The van der Waals surface area contributed by atoms with Crippen LogP contribution in [0.1, 0.15) is 51.5 Å². The molecule has 18 heavy (non-hydrogen) atoms. The van der Waals surface area contributed by atoms with Crippen molar-refractivity contribution in [3.63, 3.8) is 0 Å². The number of hydrogen-bond donors (Lipinski definition) is 0. The molecule has 1 heterocycles. The second kappa shape index (κ2) is 5.87. The van der Waals surface area contributed by atoms with E-state index in [0.29, 0.717) is 11.1 Å². The van der Waals surface area contributed by atoms with Crippen LogP contribution >= 0.6 is 11.6 Å². The summed E-state index contributed by atoms with van der Waals surface area (Å²) in [4.78, 5) is 10.9. The van der Waals surface area contributed by atoms with Crippen molar-refractivity contribution >= 4 is 17.4 Å². The van der Waals surface area contributed by atoms with Gasteiger partial charge in [0.1, 0.15) is 17.3 Å². The van der Waals surface area contributed by atoms with Gasteiger partial charge in [0.2, 0.25) is 0 Å². The third-order valence-electron chi connectivity index (χ3n) is 3.78. The molecule has 0 amide bonds. The Hall–Kier alpha value is -0.830. The molecule has 0 spiro atoms. The third kappa shape index (κ3) is 2.77. The van der Waals surface area contributed by atoms with E-state index in [2.05, 4.69) is 35.6 Å². The molecular formula is C14H22ClN3. The molecule has 0 atom stereocenters. The summed E-state index contributed by atoms with van der Waals surface area (Å²) in [5, 5.41) is 0.599. The lowest BCUT2D eigenvalue weighted by molar-refractivity contribution is 0.318. The molecule has 3 nitrogen and oxygen atoms in total. The molecule has 100 valence electrons. The largest absolute Gasteiger partial charge is 0.356 e. The van der Waals surface area contributed by atoms with E-state index >= 15 is 0 Å². The number of rotatable bonds is 5. The van der Waals surface area contributed by atoms with Gasteiger partial charge in [-0.05, 0) is 31.6 Å². The molecule has 0 radical (unpaired) electrons. The van der Waals surface area contributed by atoms with Crippen LogP contribution in [0, 0.1) is 5.92 Å². The third-order valence-corrected chi connectivity index (χ3v) is 4.08. The fourth-order valence-corrected chi connectivity index (χ4v) is 2.81. The van der Waals surface area contributed by atoms with Crippen molar-refractivity contribution in [3.05, 3.63) is 17.0 Å². The van der Waals surface area contributed by atoms with E-state index in [1.807, 2.05) is 0 Å². The van der Waals surface area contributed by atoms with Gasteiger partial charge in [-0.25, -0.2) is 9.97 Å². The average molecular weight is 268 g/mol. The van der Waals surface area contributed by atoms with Gasteiger partial charge in [0.05, 0.1) is 0 Å². The zero-order valence-corrected chi connectivity index (χ0v) is 12.2. The fourth-order valence-electron chi connectivity index (χ4n) is 2.47. The van der Waals surface area contributed by atoms with E-state index in [0.717, 1.165) is 30.4 Å². The molecule has 1 aliphatic rings. The van der Waals surface area contributed by atoms with Gasteiger partial charge < -0.3 is 4.90 Å². The van der Waals surface area contributed by atoms with E-state index in [9.17, 15) is 0 Å². The van der Waals surface area contributed by atoms with Gasteiger partial charge in [-0.3, -0.25) is 0 Å². The fraction of sp³-hybridized carbons (Fsp3) is 0.714. The van der Waals surface area contributed by atoms with Crippen molar-refractivity contribution in [2.24, 2.45) is 5.92 Å². The lowest BCUT2D eigenvalue weighted by Crippen LogP contribution is -2.34. The van der Waals surface area contributed by atoms with Crippen LogP contribution in [-0.4, -0.2) is 23.1 Å². The van der Waals surface area contributed by atoms with Crippen LogP contribution in [0.25, 0.3) is 0 Å². The zero-order valence-electron chi connectivity index (χ0n) is 11.5. The van der Waals surface area contributed by atoms with Gasteiger partial charge in [-0.2, -0.15) is 0 Å². The number of hydrogen-bond acceptors (Lipinski definition) is 3. The van der Waals surface area contributed by atoms with Crippen molar-refractivity contribution < 1.29 is 0 Å². The molecule has 1 aromatic heterocycles.